The molecule has 0 fully saturated rings. The Morgan fingerprint density at radius 2 is 0.476 bits per heavy atom. The fraction of sp³-hybridized carbons (Fsp3) is 0.697. The van der Waals surface area contributed by atoms with Gasteiger partial charge < -0.3 is 14.2 Å². The molecule has 0 saturated carbocycles. The monoisotopic (exact) mass is 1140 g/mol. The highest BCUT2D eigenvalue weighted by atomic mass is 16.6. The number of carbonyl (C=O) groups excluding carboxylic acids is 3. The van der Waals surface area contributed by atoms with Gasteiger partial charge in [-0.3, -0.25) is 14.4 Å². The van der Waals surface area contributed by atoms with E-state index in [9.17, 15) is 14.4 Å². The van der Waals surface area contributed by atoms with E-state index in [1.54, 1.807) is 0 Å². The maximum atomic E-state index is 13.0. The van der Waals surface area contributed by atoms with Gasteiger partial charge in [-0.15, -0.1) is 0 Å². The minimum absolute atomic E-state index is 0.0857. The Balaban J connectivity index is 4.43. The van der Waals surface area contributed by atoms with Crippen molar-refractivity contribution in [1.82, 2.24) is 0 Å². The Bertz CT molecular complexity index is 1690. The van der Waals surface area contributed by atoms with Crippen LogP contribution in [0.4, 0.5) is 0 Å². The molecular weight excluding hydrogens is 1010 g/mol. The largest absolute Gasteiger partial charge is 0.462 e. The molecule has 6 heteroatoms. The van der Waals surface area contributed by atoms with Crippen LogP contribution < -0.4 is 0 Å². The summed E-state index contributed by atoms with van der Waals surface area (Å²) in [6.07, 6.45) is 96.3. The van der Waals surface area contributed by atoms with Crippen LogP contribution in [0.3, 0.4) is 0 Å². The van der Waals surface area contributed by atoms with Gasteiger partial charge in [0.05, 0.1) is 0 Å². The maximum absolute atomic E-state index is 13.0. The standard InChI is InChI=1S/C76H128O6/c1-4-7-10-13-16-19-22-25-28-31-34-36-38-40-42-45-48-51-54-57-60-63-66-69-75(78)81-72-73(71-80-74(77)68-65-62-59-56-53-50-47-44-33-30-27-24-21-18-15-12-9-6-3)82-76(79)70-67-64-61-58-55-52-49-46-43-41-39-37-35-32-29-26-23-20-17-14-11-8-5-2/h7-8,10-11,16-17,19-20,25-26,28-29,34-37,40-43,73H,4-6,9,12-15,18,21-24,27,30-33,38-39,44-72H2,1-3H3/b10-7-,11-8-,19-16-,20-17-,28-25-,29-26-,36-34-,37-35-,42-40-,43-41-. The average Bonchev–Trinajstić information content (AvgIpc) is 3.47. The third-order valence-electron chi connectivity index (χ3n) is 14.7. The summed E-state index contributed by atoms with van der Waals surface area (Å²) in [6.45, 7) is 6.43. The lowest BCUT2D eigenvalue weighted by molar-refractivity contribution is -0.167. The van der Waals surface area contributed by atoms with E-state index in [0.717, 1.165) is 135 Å². The van der Waals surface area contributed by atoms with E-state index in [1.165, 1.54) is 148 Å². The molecule has 82 heavy (non-hydrogen) atoms. The van der Waals surface area contributed by atoms with Crippen molar-refractivity contribution in [3.8, 4) is 0 Å². The van der Waals surface area contributed by atoms with Gasteiger partial charge in [0.2, 0.25) is 0 Å². The number of allylic oxidation sites excluding steroid dienone is 20. The van der Waals surface area contributed by atoms with Crippen LogP contribution in [0.5, 0.6) is 0 Å². The first-order valence-electron chi connectivity index (χ1n) is 34.5. The van der Waals surface area contributed by atoms with Gasteiger partial charge in [0.25, 0.3) is 0 Å². The van der Waals surface area contributed by atoms with Crippen LogP contribution in [0.15, 0.2) is 122 Å². The highest BCUT2D eigenvalue weighted by Crippen LogP contribution is 2.17. The molecule has 0 aliphatic rings. The lowest BCUT2D eigenvalue weighted by Crippen LogP contribution is -2.30. The smallest absolute Gasteiger partial charge is 0.306 e. The Kier molecular flexibility index (Phi) is 65.8. The van der Waals surface area contributed by atoms with Gasteiger partial charge in [-0.25, -0.2) is 0 Å². The second kappa shape index (κ2) is 69.3. The van der Waals surface area contributed by atoms with Crippen molar-refractivity contribution in [3.63, 3.8) is 0 Å². The van der Waals surface area contributed by atoms with Crippen molar-refractivity contribution < 1.29 is 28.6 Å². The Hall–Kier alpha value is -4.19. The Morgan fingerprint density at radius 1 is 0.256 bits per heavy atom. The quantitative estimate of drug-likeness (QED) is 0.0261. The Labute approximate surface area is 507 Å². The van der Waals surface area contributed by atoms with Crippen LogP contribution in [-0.4, -0.2) is 37.2 Å². The summed E-state index contributed by atoms with van der Waals surface area (Å²) < 4.78 is 17.0. The van der Waals surface area contributed by atoms with E-state index in [-0.39, 0.29) is 31.1 Å². The molecule has 0 N–H and O–H groups in total. The number of rotatable bonds is 62. The molecule has 0 amide bonds. The predicted molar refractivity (Wildman–Crippen MR) is 357 cm³/mol. The van der Waals surface area contributed by atoms with Crippen LogP contribution in [0.2, 0.25) is 0 Å². The van der Waals surface area contributed by atoms with E-state index in [0.29, 0.717) is 19.3 Å². The fourth-order valence-corrected chi connectivity index (χ4v) is 9.62. The number of esters is 3. The molecule has 0 saturated heterocycles. The topological polar surface area (TPSA) is 78.9 Å². The average molecular weight is 1140 g/mol. The summed E-state index contributed by atoms with van der Waals surface area (Å²) in [4.78, 5) is 38.5. The molecule has 0 heterocycles. The van der Waals surface area contributed by atoms with Crippen LogP contribution in [-0.2, 0) is 28.6 Å². The van der Waals surface area contributed by atoms with E-state index in [1.807, 2.05) is 0 Å². The van der Waals surface area contributed by atoms with Gasteiger partial charge in [0.1, 0.15) is 13.2 Å². The zero-order chi connectivity index (χ0) is 59.2. The number of unbranched alkanes of at least 4 members (excludes halogenated alkanes) is 31. The predicted octanol–water partition coefficient (Wildman–Crippen LogP) is 23.9. The Morgan fingerprint density at radius 3 is 0.744 bits per heavy atom. The molecule has 0 bridgehead atoms. The number of ether oxygens (including phenoxy) is 3. The minimum atomic E-state index is -0.793. The molecule has 0 aliphatic heterocycles. The highest BCUT2D eigenvalue weighted by molar-refractivity contribution is 5.71. The third kappa shape index (κ3) is 66.6. The summed E-state index contributed by atoms with van der Waals surface area (Å²) >= 11 is 0. The first-order valence-corrected chi connectivity index (χ1v) is 34.5. The summed E-state index contributed by atoms with van der Waals surface area (Å²) in [6, 6.07) is 0. The highest BCUT2D eigenvalue weighted by Gasteiger charge is 2.19. The van der Waals surface area contributed by atoms with E-state index in [4.69, 9.17) is 14.2 Å². The van der Waals surface area contributed by atoms with Crippen molar-refractivity contribution in [2.75, 3.05) is 13.2 Å². The lowest BCUT2D eigenvalue weighted by Gasteiger charge is -2.18. The van der Waals surface area contributed by atoms with Gasteiger partial charge in [-0.2, -0.15) is 0 Å². The van der Waals surface area contributed by atoms with Crippen LogP contribution in [0, 0.1) is 0 Å². The molecule has 6 nitrogen and oxygen atoms in total. The second-order valence-corrected chi connectivity index (χ2v) is 22.7. The number of hydrogen-bond donors (Lipinski definition) is 0. The second-order valence-electron chi connectivity index (χ2n) is 22.7. The van der Waals surface area contributed by atoms with E-state index >= 15 is 0 Å². The van der Waals surface area contributed by atoms with Gasteiger partial charge in [0, 0.05) is 19.3 Å². The fourth-order valence-electron chi connectivity index (χ4n) is 9.62. The first kappa shape index (κ1) is 77.8. The summed E-state index contributed by atoms with van der Waals surface area (Å²) in [5.41, 5.74) is 0. The molecule has 0 aromatic heterocycles. The molecule has 1 atom stereocenters. The molecule has 0 aromatic rings. The zero-order valence-corrected chi connectivity index (χ0v) is 53.7. The molecule has 1 unspecified atom stereocenters. The van der Waals surface area contributed by atoms with E-state index < -0.39 is 6.10 Å². The number of hydrogen-bond acceptors (Lipinski definition) is 6. The lowest BCUT2D eigenvalue weighted by atomic mass is 10.0. The first-order chi connectivity index (χ1) is 40.5. The zero-order valence-electron chi connectivity index (χ0n) is 53.7. The number of carbonyl (C=O) groups is 3. The van der Waals surface area contributed by atoms with Crippen molar-refractivity contribution in [2.24, 2.45) is 0 Å². The normalized spacial score (nSPS) is 12.9. The summed E-state index contributed by atoms with van der Waals surface area (Å²) in [5, 5.41) is 0. The molecule has 0 aromatic carbocycles. The van der Waals surface area contributed by atoms with Gasteiger partial charge in [-0.05, 0) is 109 Å². The molecule has 0 spiro atoms. The molecule has 0 rings (SSSR count). The van der Waals surface area contributed by atoms with Gasteiger partial charge in [-0.1, -0.05) is 316 Å². The van der Waals surface area contributed by atoms with Crippen molar-refractivity contribution >= 4 is 17.9 Å². The molecule has 0 aliphatic carbocycles. The molecular formula is C76H128O6. The maximum Gasteiger partial charge on any atom is 0.306 e. The SMILES string of the molecule is CC/C=C\C/C=C\C/C=C\C/C=C\C/C=C\CCCCCCCCCC(=O)OCC(COC(=O)CCCCCCCCCCCCCCCCCCCC)OC(=O)CCCCCCCCC/C=C\C/C=C\C/C=C\C/C=C\C/C=C\CC. The summed E-state index contributed by atoms with van der Waals surface area (Å²) in [7, 11) is 0. The third-order valence-corrected chi connectivity index (χ3v) is 14.7. The van der Waals surface area contributed by atoms with Crippen LogP contribution >= 0.6 is 0 Å². The van der Waals surface area contributed by atoms with Crippen molar-refractivity contribution in [3.05, 3.63) is 122 Å². The minimum Gasteiger partial charge on any atom is -0.462 e. The van der Waals surface area contributed by atoms with Gasteiger partial charge >= 0.3 is 17.9 Å². The molecule has 0 radical (unpaired) electrons. The van der Waals surface area contributed by atoms with Crippen molar-refractivity contribution in [1.29, 1.82) is 0 Å². The molecule has 468 valence electrons. The van der Waals surface area contributed by atoms with Gasteiger partial charge in [0.15, 0.2) is 6.10 Å². The van der Waals surface area contributed by atoms with Crippen molar-refractivity contribution in [2.45, 2.75) is 329 Å². The van der Waals surface area contributed by atoms with Crippen LogP contribution in [0.1, 0.15) is 323 Å². The van der Waals surface area contributed by atoms with E-state index in [2.05, 4.69) is 142 Å². The summed E-state index contributed by atoms with van der Waals surface area (Å²) in [5.74, 6) is -0.896. The van der Waals surface area contributed by atoms with Crippen LogP contribution in [0.25, 0.3) is 0 Å².